The summed E-state index contributed by atoms with van der Waals surface area (Å²) in [5, 5.41) is 13.9. The van der Waals surface area contributed by atoms with Crippen LogP contribution in [0.15, 0.2) is 17.5 Å². The van der Waals surface area contributed by atoms with E-state index in [2.05, 4.69) is 5.32 Å². The molecule has 0 saturated heterocycles. The molecule has 2 amide bonds. The SMILES string of the molecule is CC(c1cccs1)N(C)C(=O)NC1CCC(C(=O)O)C1. The van der Waals surface area contributed by atoms with E-state index in [1.165, 1.54) is 0 Å². The number of amides is 2. The Hall–Kier alpha value is -1.56. The molecule has 0 radical (unpaired) electrons. The Bertz CT molecular complexity index is 475. The summed E-state index contributed by atoms with van der Waals surface area (Å²) in [7, 11) is 1.77. The first-order valence-corrected chi connectivity index (χ1v) is 7.66. The molecule has 6 heteroatoms. The first-order valence-electron chi connectivity index (χ1n) is 6.78. The third-order valence-electron chi connectivity index (χ3n) is 3.97. The molecule has 0 bridgehead atoms. The molecule has 0 spiro atoms. The molecule has 3 unspecified atom stereocenters. The molecule has 0 aliphatic heterocycles. The lowest BCUT2D eigenvalue weighted by molar-refractivity contribution is -0.141. The van der Waals surface area contributed by atoms with Crippen molar-refractivity contribution < 1.29 is 14.7 Å². The van der Waals surface area contributed by atoms with Gasteiger partial charge in [0.1, 0.15) is 0 Å². The molecule has 1 aliphatic carbocycles. The maximum Gasteiger partial charge on any atom is 0.317 e. The monoisotopic (exact) mass is 296 g/mol. The number of carboxylic acids is 1. The fourth-order valence-corrected chi connectivity index (χ4v) is 3.34. The van der Waals surface area contributed by atoms with Gasteiger partial charge in [-0.3, -0.25) is 4.79 Å². The number of rotatable bonds is 4. The number of carbonyl (C=O) groups is 2. The van der Waals surface area contributed by atoms with Gasteiger partial charge in [-0.2, -0.15) is 0 Å². The minimum Gasteiger partial charge on any atom is -0.481 e. The molecule has 20 heavy (non-hydrogen) atoms. The largest absolute Gasteiger partial charge is 0.481 e. The molecule has 2 rings (SSSR count). The lowest BCUT2D eigenvalue weighted by Gasteiger charge is -2.26. The van der Waals surface area contributed by atoms with E-state index in [0.29, 0.717) is 12.8 Å². The number of hydrogen-bond donors (Lipinski definition) is 2. The van der Waals surface area contributed by atoms with Crippen molar-refractivity contribution >= 4 is 23.3 Å². The van der Waals surface area contributed by atoms with Crippen molar-refractivity contribution in [1.29, 1.82) is 0 Å². The second-order valence-corrected chi connectivity index (χ2v) is 6.28. The topological polar surface area (TPSA) is 69.6 Å². The number of hydrogen-bond acceptors (Lipinski definition) is 3. The minimum atomic E-state index is -0.762. The van der Waals surface area contributed by atoms with E-state index in [1.807, 2.05) is 24.4 Å². The van der Waals surface area contributed by atoms with Gasteiger partial charge in [-0.15, -0.1) is 11.3 Å². The van der Waals surface area contributed by atoms with Crippen molar-refractivity contribution in [3.63, 3.8) is 0 Å². The number of aliphatic carboxylic acids is 1. The quantitative estimate of drug-likeness (QED) is 0.897. The Morgan fingerprint density at radius 3 is 2.80 bits per heavy atom. The van der Waals surface area contributed by atoms with E-state index < -0.39 is 5.97 Å². The first-order chi connectivity index (χ1) is 9.49. The Morgan fingerprint density at radius 2 is 2.25 bits per heavy atom. The van der Waals surface area contributed by atoms with E-state index in [-0.39, 0.29) is 24.0 Å². The molecule has 0 aromatic carbocycles. The molecular weight excluding hydrogens is 276 g/mol. The summed E-state index contributed by atoms with van der Waals surface area (Å²) in [4.78, 5) is 25.9. The van der Waals surface area contributed by atoms with E-state index in [4.69, 9.17) is 5.11 Å². The van der Waals surface area contributed by atoms with Gasteiger partial charge in [0.05, 0.1) is 12.0 Å². The highest BCUT2D eigenvalue weighted by Crippen LogP contribution is 2.27. The molecule has 3 atom stereocenters. The van der Waals surface area contributed by atoms with Gasteiger partial charge in [-0.1, -0.05) is 6.07 Å². The zero-order chi connectivity index (χ0) is 14.7. The van der Waals surface area contributed by atoms with Gasteiger partial charge < -0.3 is 15.3 Å². The summed E-state index contributed by atoms with van der Waals surface area (Å²) in [6.45, 7) is 1.99. The van der Waals surface area contributed by atoms with Crippen LogP contribution in [0.1, 0.15) is 37.1 Å². The van der Waals surface area contributed by atoms with Gasteiger partial charge in [-0.25, -0.2) is 4.79 Å². The Labute approximate surface area is 122 Å². The fraction of sp³-hybridized carbons (Fsp3) is 0.571. The van der Waals surface area contributed by atoms with Crippen LogP contribution in [0.3, 0.4) is 0 Å². The van der Waals surface area contributed by atoms with Crippen molar-refractivity contribution in [3.8, 4) is 0 Å². The second kappa shape index (κ2) is 6.26. The number of thiophene rings is 1. The average molecular weight is 296 g/mol. The molecule has 1 saturated carbocycles. The highest BCUT2D eigenvalue weighted by molar-refractivity contribution is 7.10. The highest BCUT2D eigenvalue weighted by atomic mass is 32.1. The molecule has 2 N–H and O–H groups in total. The predicted molar refractivity (Wildman–Crippen MR) is 77.8 cm³/mol. The van der Waals surface area contributed by atoms with Gasteiger partial charge in [0.25, 0.3) is 0 Å². The van der Waals surface area contributed by atoms with E-state index >= 15 is 0 Å². The van der Waals surface area contributed by atoms with Gasteiger partial charge in [0.15, 0.2) is 0 Å². The molecule has 110 valence electrons. The van der Waals surface area contributed by atoms with Crippen LogP contribution in [0.5, 0.6) is 0 Å². The van der Waals surface area contributed by atoms with Crippen LogP contribution in [0.2, 0.25) is 0 Å². The average Bonchev–Trinajstić information content (AvgIpc) is 3.07. The van der Waals surface area contributed by atoms with Gasteiger partial charge in [0, 0.05) is 18.0 Å². The number of carboxylic acid groups (broad SMARTS) is 1. The van der Waals surface area contributed by atoms with Crippen molar-refractivity contribution in [1.82, 2.24) is 10.2 Å². The van der Waals surface area contributed by atoms with Crippen LogP contribution in [-0.4, -0.2) is 35.1 Å². The van der Waals surface area contributed by atoms with Crippen LogP contribution in [0.25, 0.3) is 0 Å². The zero-order valence-electron chi connectivity index (χ0n) is 11.7. The summed E-state index contributed by atoms with van der Waals surface area (Å²) in [6, 6.07) is 3.83. The standard InChI is InChI=1S/C14H20N2O3S/c1-9(12-4-3-7-20-12)16(2)14(19)15-11-6-5-10(8-11)13(17)18/h3-4,7,9-11H,5-6,8H2,1-2H3,(H,15,19)(H,17,18). The maximum atomic E-state index is 12.2. The normalized spacial score (nSPS) is 23.3. The Morgan fingerprint density at radius 1 is 1.50 bits per heavy atom. The molecule has 1 fully saturated rings. The van der Waals surface area contributed by atoms with Crippen LogP contribution < -0.4 is 5.32 Å². The van der Waals surface area contributed by atoms with E-state index in [9.17, 15) is 9.59 Å². The van der Waals surface area contributed by atoms with Gasteiger partial charge in [0.2, 0.25) is 0 Å². The predicted octanol–water partition coefficient (Wildman–Crippen LogP) is 2.70. The molecule has 5 nitrogen and oxygen atoms in total. The third kappa shape index (κ3) is 3.30. The number of nitrogens with zero attached hydrogens (tertiary/aromatic N) is 1. The maximum absolute atomic E-state index is 12.2. The van der Waals surface area contributed by atoms with Crippen molar-refractivity contribution in [2.24, 2.45) is 5.92 Å². The summed E-state index contributed by atoms with van der Waals surface area (Å²) >= 11 is 1.62. The van der Waals surface area contributed by atoms with Crippen molar-refractivity contribution in [2.45, 2.75) is 38.3 Å². The van der Waals surface area contributed by atoms with Crippen LogP contribution in [0, 0.1) is 5.92 Å². The number of nitrogens with one attached hydrogen (secondary N) is 1. The van der Waals surface area contributed by atoms with Crippen molar-refractivity contribution in [3.05, 3.63) is 22.4 Å². The number of carbonyl (C=O) groups excluding carboxylic acids is 1. The third-order valence-corrected chi connectivity index (χ3v) is 5.01. The fourth-order valence-electron chi connectivity index (χ4n) is 2.51. The van der Waals surface area contributed by atoms with Crippen LogP contribution >= 0.6 is 11.3 Å². The lowest BCUT2D eigenvalue weighted by Crippen LogP contribution is -2.43. The summed E-state index contributed by atoms with van der Waals surface area (Å²) < 4.78 is 0. The molecular formula is C14H20N2O3S. The lowest BCUT2D eigenvalue weighted by atomic mass is 10.1. The zero-order valence-corrected chi connectivity index (χ0v) is 12.5. The molecule has 1 aromatic rings. The second-order valence-electron chi connectivity index (χ2n) is 5.30. The first kappa shape index (κ1) is 14.8. The van der Waals surface area contributed by atoms with E-state index in [0.717, 1.165) is 11.3 Å². The minimum absolute atomic E-state index is 0.0201. The highest BCUT2D eigenvalue weighted by Gasteiger charge is 2.31. The molecule has 1 heterocycles. The Balaban J connectivity index is 1.87. The van der Waals surface area contributed by atoms with Crippen LogP contribution in [-0.2, 0) is 4.79 Å². The van der Waals surface area contributed by atoms with Crippen molar-refractivity contribution in [2.75, 3.05) is 7.05 Å². The molecule has 1 aliphatic rings. The summed E-state index contributed by atoms with van der Waals surface area (Å²) in [6.07, 6.45) is 1.91. The number of urea groups is 1. The summed E-state index contributed by atoms with van der Waals surface area (Å²) in [5.74, 6) is -1.08. The smallest absolute Gasteiger partial charge is 0.317 e. The van der Waals surface area contributed by atoms with E-state index in [1.54, 1.807) is 23.3 Å². The van der Waals surface area contributed by atoms with Gasteiger partial charge in [-0.05, 0) is 37.6 Å². The summed E-state index contributed by atoms with van der Waals surface area (Å²) in [5.41, 5.74) is 0. The molecule has 1 aromatic heterocycles. The Kier molecular flexibility index (Phi) is 4.65. The van der Waals surface area contributed by atoms with Crippen LogP contribution in [0.4, 0.5) is 4.79 Å². The van der Waals surface area contributed by atoms with Gasteiger partial charge >= 0.3 is 12.0 Å².